The Hall–Kier alpha value is -1.68. The molecule has 1 aromatic heterocycles. The van der Waals surface area contributed by atoms with Crippen molar-refractivity contribution in [1.29, 1.82) is 0 Å². The van der Waals surface area contributed by atoms with Gasteiger partial charge in [0.15, 0.2) is 0 Å². The minimum atomic E-state index is 0.603. The summed E-state index contributed by atoms with van der Waals surface area (Å²) >= 11 is 0. The predicted octanol–water partition coefficient (Wildman–Crippen LogP) is 1.39. The van der Waals surface area contributed by atoms with E-state index in [9.17, 15) is 0 Å². The molecule has 0 saturated carbocycles. The molecule has 2 rings (SSSR count). The zero-order valence-corrected chi connectivity index (χ0v) is 9.64. The summed E-state index contributed by atoms with van der Waals surface area (Å²) in [4.78, 5) is 0. The highest BCUT2D eigenvalue weighted by Crippen LogP contribution is 2.12. The number of hydrogen-bond donors (Lipinski definition) is 1. The van der Waals surface area contributed by atoms with Gasteiger partial charge in [0.25, 0.3) is 0 Å². The van der Waals surface area contributed by atoms with Crippen LogP contribution in [0.1, 0.15) is 16.8 Å². The topological polar surface area (TPSA) is 56.7 Å². The standard InChI is InChI=1S/C12H16N4/c1-9-5-10(2)7-12(6-9)16-8-11(3-4-13)14-15-16/h5-8H,3-4,13H2,1-2H3. The van der Waals surface area contributed by atoms with Gasteiger partial charge in [0.2, 0.25) is 0 Å². The second kappa shape index (κ2) is 4.45. The van der Waals surface area contributed by atoms with Crippen molar-refractivity contribution in [2.45, 2.75) is 20.3 Å². The first kappa shape index (κ1) is 10.8. The van der Waals surface area contributed by atoms with Gasteiger partial charge in [-0.2, -0.15) is 0 Å². The molecule has 0 aliphatic heterocycles. The molecule has 16 heavy (non-hydrogen) atoms. The molecular weight excluding hydrogens is 200 g/mol. The third-order valence-corrected chi connectivity index (χ3v) is 2.41. The van der Waals surface area contributed by atoms with Crippen molar-refractivity contribution in [3.05, 3.63) is 41.2 Å². The Kier molecular flexibility index (Phi) is 3.01. The van der Waals surface area contributed by atoms with Crippen LogP contribution in [0, 0.1) is 13.8 Å². The van der Waals surface area contributed by atoms with Crippen molar-refractivity contribution >= 4 is 0 Å². The van der Waals surface area contributed by atoms with Gasteiger partial charge in [-0.25, -0.2) is 4.68 Å². The molecule has 0 aliphatic rings. The maximum Gasteiger partial charge on any atom is 0.0844 e. The fourth-order valence-corrected chi connectivity index (χ4v) is 1.77. The second-order valence-electron chi connectivity index (χ2n) is 4.04. The van der Waals surface area contributed by atoms with E-state index in [1.807, 2.05) is 6.20 Å². The summed E-state index contributed by atoms with van der Waals surface area (Å²) in [6.07, 6.45) is 2.70. The van der Waals surface area contributed by atoms with Gasteiger partial charge < -0.3 is 5.73 Å². The molecule has 0 radical (unpaired) electrons. The van der Waals surface area contributed by atoms with Gasteiger partial charge in [-0.15, -0.1) is 5.10 Å². The fraction of sp³-hybridized carbons (Fsp3) is 0.333. The zero-order valence-electron chi connectivity index (χ0n) is 9.64. The molecule has 4 nitrogen and oxygen atoms in total. The van der Waals surface area contributed by atoms with Crippen molar-refractivity contribution in [3.63, 3.8) is 0 Å². The fourth-order valence-electron chi connectivity index (χ4n) is 1.77. The number of benzene rings is 1. The van der Waals surface area contributed by atoms with E-state index >= 15 is 0 Å². The van der Waals surface area contributed by atoms with E-state index < -0.39 is 0 Å². The average molecular weight is 216 g/mol. The summed E-state index contributed by atoms with van der Waals surface area (Å²) in [5.41, 5.74) is 9.92. The van der Waals surface area contributed by atoms with Crippen LogP contribution in [0.4, 0.5) is 0 Å². The van der Waals surface area contributed by atoms with Crippen LogP contribution in [0.15, 0.2) is 24.4 Å². The zero-order chi connectivity index (χ0) is 11.5. The molecule has 2 aromatic rings. The summed E-state index contributed by atoms with van der Waals surface area (Å²) in [6, 6.07) is 6.32. The number of hydrogen-bond acceptors (Lipinski definition) is 3. The minimum absolute atomic E-state index is 0.603. The molecule has 84 valence electrons. The molecule has 0 spiro atoms. The van der Waals surface area contributed by atoms with E-state index in [0.29, 0.717) is 6.54 Å². The maximum atomic E-state index is 5.48. The Morgan fingerprint density at radius 3 is 2.50 bits per heavy atom. The molecule has 0 bridgehead atoms. The van der Waals surface area contributed by atoms with E-state index in [1.54, 1.807) is 4.68 Å². The van der Waals surface area contributed by atoms with Crippen LogP contribution in [0.5, 0.6) is 0 Å². The van der Waals surface area contributed by atoms with Crippen LogP contribution >= 0.6 is 0 Å². The number of rotatable bonds is 3. The minimum Gasteiger partial charge on any atom is -0.330 e. The third kappa shape index (κ3) is 2.28. The molecule has 4 heteroatoms. The smallest absolute Gasteiger partial charge is 0.0844 e. The highest BCUT2D eigenvalue weighted by molar-refractivity contribution is 5.38. The van der Waals surface area contributed by atoms with Crippen molar-refractivity contribution in [1.82, 2.24) is 15.0 Å². The average Bonchev–Trinajstić information content (AvgIpc) is 2.65. The monoisotopic (exact) mass is 216 g/mol. The maximum absolute atomic E-state index is 5.48. The summed E-state index contributed by atoms with van der Waals surface area (Å²) < 4.78 is 1.80. The number of aryl methyl sites for hydroxylation is 2. The van der Waals surface area contributed by atoms with Gasteiger partial charge in [-0.1, -0.05) is 11.3 Å². The molecule has 0 fully saturated rings. The van der Waals surface area contributed by atoms with E-state index in [4.69, 9.17) is 5.73 Å². The van der Waals surface area contributed by atoms with E-state index in [2.05, 4.69) is 42.4 Å². The van der Waals surface area contributed by atoms with Gasteiger partial charge in [0, 0.05) is 6.42 Å². The summed E-state index contributed by atoms with van der Waals surface area (Å²) in [5, 5.41) is 8.17. The molecule has 0 atom stereocenters. The lowest BCUT2D eigenvalue weighted by molar-refractivity contribution is 0.793. The first-order valence-corrected chi connectivity index (χ1v) is 5.39. The first-order chi connectivity index (χ1) is 7.69. The van der Waals surface area contributed by atoms with Gasteiger partial charge in [-0.05, 0) is 43.7 Å². The van der Waals surface area contributed by atoms with Crippen LogP contribution in [0.2, 0.25) is 0 Å². The van der Waals surface area contributed by atoms with Gasteiger partial charge in [-0.3, -0.25) is 0 Å². The predicted molar refractivity (Wildman–Crippen MR) is 63.6 cm³/mol. The number of nitrogens with zero attached hydrogens (tertiary/aromatic N) is 3. The molecule has 1 heterocycles. The van der Waals surface area contributed by atoms with Crippen LogP contribution in [-0.4, -0.2) is 21.5 Å². The van der Waals surface area contributed by atoms with E-state index in [1.165, 1.54) is 11.1 Å². The molecule has 0 unspecified atom stereocenters. The van der Waals surface area contributed by atoms with Crippen molar-refractivity contribution in [2.75, 3.05) is 6.54 Å². The summed E-state index contributed by atoms with van der Waals surface area (Å²) in [6.45, 7) is 4.76. The Labute approximate surface area is 95.1 Å². The van der Waals surface area contributed by atoms with Gasteiger partial charge in [0.1, 0.15) is 0 Å². The van der Waals surface area contributed by atoms with Crippen molar-refractivity contribution in [2.24, 2.45) is 5.73 Å². The van der Waals surface area contributed by atoms with Crippen molar-refractivity contribution in [3.8, 4) is 5.69 Å². The number of aromatic nitrogens is 3. The molecular formula is C12H16N4. The Bertz CT molecular complexity index is 467. The highest BCUT2D eigenvalue weighted by Gasteiger charge is 2.03. The quantitative estimate of drug-likeness (QED) is 0.843. The SMILES string of the molecule is Cc1cc(C)cc(-n2cc(CCN)nn2)c1. The molecule has 1 aromatic carbocycles. The molecule has 0 amide bonds. The lowest BCUT2D eigenvalue weighted by Crippen LogP contribution is -2.02. The molecule has 2 N–H and O–H groups in total. The van der Waals surface area contributed by atoms with E-state index in [-0.39, 0.29) is 0 Å². The largest absolute Gasteiger partial charge is 0.330 e. The summed E-state index contributed by atoms with van der Waals surface area (Å²) in [7, 11) is 0. The second-order valence-corrected chi connectivity index (χ2v) is 4.04. The lowest BCUT2D eigenvalue weighted by atomic mass is 10.1. The Morgan fingerprint density at radius 2 is 1.88 bits per heavy atom. The van der Waals surface area contributed by atoms with Crippen LogP contribution in [0.3, 0.4) is 0 Å². The van der Waals surface area contributed by atoms with Crippen LogP contribution in [-0.2, 0) is 6.42 Å². The molecule has 0 saturated heterocycles. The Balaban J connectivity index is 2.34. The van der Waals surface area contributed by atoms with Crippen molar-refractivity contribution < 1.29 is 0 Å². The van der Waals surface area contributed by atoms with Crippen LogP contribution in [0.25, 0.3) is 5.69 Å². The lowest BCUT2D eigenvalue weighted by Gasteiger charge is -2.03. The number of nitrogens with two attached hydrogens (primary N) is 1. The van der Waals surface area contributed by atoms with Crippen LogP contribution < -0.4 is 5.73 Å². The van der Waals surface area contributed by atoms with Gasteiger partial charge >= 0.3 is 0 Å². The first-order valence-electron chi connectivity index (χ1n) is 5.39. The normalized spacial score (nSPS) is 10.7. The molecule has 0 aliphatic carbocycles. The van der Waals surface area contributed by atoms with Gasteiger partial charge in [0.05, 0.1) is 17.6 Å². The summed E-state index contributed by atoms with van der Waals surface area (Å²) in [5.74, 6) is 0. The highest BCUT2D eigenvalue weighted by atomic mass is 15.4. The Morgan fingerprint density at radius 1 is 1.19 bits per heavy atom. The third-order valence-electron chi connectivity index (χ3n) is 2.41. The van der Waals surface area contributed by atoms with E-state index in [0.717, 1.165) is 17.8 Å².